The minimum atomic E-state index is -0.239. The second kappa shape index (κ2) is 9.92. The van der Waals surface area contributed by atoms with Gasteiger partial charge in [-0.05, 0) is 42.4 Å². The molecule has 0 aliphatic heterocycles. The van der Waals surface area contributed by atoms with Gasteiger partial charge in [-0.3, -0.25) is 14.6 Å². The highest BCUT2D eigenvalue weighted by Crippen LogP contribution is 2.38. The number of Topliss-reactive ketones (excluding diaryl/α,β-unsaturated/α-hetero) is 2. The molecule has 1 atom stereocenters. The van der Waals surface area contributed by atoms with Crippen LogP contribution in [0.4, 0.5) is 5.69 Å². The number of aliphatic hydroxyl groups is 1. The van der Waals surface area contributed by atoms with Crippen molar-refractivity contribution in [3.05, 3.63) is 94.1 Å². The van der Waals surface area contributed by atoms with Crippen LogP contribution in [0.25, 0.3) is 0 Å². The van der Waals surface area contributed by atoms with Gasteiger partial charge in [0.25, 0.3) is 0 Å². The third kappa shape index (κ3) is 5.33. The summed E-state index contributed by atoms with van der Waals surface area (Å²) in [7, 11) is 0. The zero-order valence-electron chi connectivity index (χ0n) is 21.6. The molecule has 2 aliphatic rings. The lowest BCUT2D eigenvalue weighted by atomic mass is 9.73. The number of hydrogen-bond donors (Lipinski definition) is 1. The summed E-state index contributed by atoms with van der Waals surface area (Å²) in [5, 5.41) is 15.3. The molecule has 1 unspecified atom stereocenters. The Hall–Kier alpha value is -3.80. The maximum absolute atomic E-state index is 13.1. The predicted molar refractivity (Wildman–Crippen MR) is 143 cm³/mol. The smallest absolute Gasteiger partial charge is 0.168 e. The minimum Gasteiger partial charge on any atom is -0.511 e. The van der Waals surface area contributed by atoms with E-state index in [0.717, 1.165) is 16.8 Å². The van der Waals surface area contributed by atoms with Crippen LogP contribution >= 0.6 is 0 Å². The number of hydrogen-bond acceptors (Lipinski definition) is 6. The summed E-state index contributed by atoms with van der Waals surface area (Å²) < 4.78 is 5.59. The molecule has 190 valence electrons. The first-order valence-electron chi connectivity index (χ1n) is 12.9. The van der Waals surface area contributed by atoms with E-state index in [2.05, 4.69) is 5.16 Å². The van der Waals surface area contributed by atoms with Crippen LogP contribution in [0.5, 0.6) is 0 Å². The number of aromatic nitrogens is 1. The van der Waals surface area contributed by atoms with E-state index in [0.29, 0.717) is 60.4 Å². The van der Waals surface area contributed by atoms with Crippen molar-refractivity contribution < 1.29 is 19.2 Å². The average Bonchev–Trinajstić information content (AvgIpc) is 3.27. The fraction of sp³-hybridized carbons (Fsp3) is 0.355. The molecular formula is C31H32N2O4. The van der Waals surface area contributed by atoms with Crippen LogP contribution in [-0.4, -0.2) is 27.5 Å². The Morgan fingerprint density at radius 3 is 2.49 bits per heavy atom. The highest BCUT2D eigenvalue weighted by Gasteiger charge is 2.37. The van der Waals surface area contributed by atoms with Crippen LogP contribution in [0.1, 0.15) is 78.4 Å². The van der Waals surface area contributed by atoms with E-state index in [4.69, 9.17) is 9.52 Å². The molecule has 0 spiro atoms. The topological polar surface area (TPSA) is 92.8 Å². The standard InChI is InChI=1S/C31H32N2O4/c1-19-9-11-22(12-10-19)32-24-17-31(2,3)18-27(36)29(24)25(34)14-13-23-30-26(35)15-21(16-28(30)37-33-23)20-7-5-4-6-8-20/h4-12,21,34H,13-18H2,1-3H3. The second-order valence-electron chi connectivity index (χ2n) is 11.0. The van der Waals surface area contributed by atoms with Crippen LogP contribution in [0.15, 0.2) is 75.4 Å². The van der Waals surface area contributed by atoms with E-state index in [9.17, 15) is 14.7 Å². The number of ketones is 2. The van der Waals surface area contributed by atoms with Crippen molar-refractivity contribution in [2.24, 2.45) is 10.4 Å². The third-order valence-electron chi connectivity index (χ3n) is 7.28. The monoisotopic (exact) mass is 496 g/mol. The molecule has 1 fully saturated rings. The average molecular weight is 497 g/mol. The van der Waals surface area contributed by atoms with Crippen molar-refractivity contribution in [1.29, 1.82) is 0 Å². The van der Waals surface area contributed by atoms with Crippen molar-refractivity contribution in [2.45, 2.75) is 65.2 Å². The maximum atomic E-state index is 13.1. The first-order valence-corrected chi connectivity index (χ1v) is 12.9. The number of aryl methyl sites for hydroxylation is 2. The number of aliphatic hydroxyl groups excluding tert-OH is 1. The molecule has 6 nitrogen and oxygen atoms in total. The summed E-state index contributed by atoms with van der Waals surface area (Å²) >= 11 is 0. The molecule has 1 saturated carbocycles. The lowest BCUT2D eigenvalue weighted by Crippen LogP contribution is -2.32. The van der Waals surface area contributed by atoms with Crippen LogP contribution in [-0.2, 0) is 17.6 Å². The lowest BCUT2D eigenvalue weighted by molar-refractivity contribution is -0.117. The molecule has 1 N–H and O–H groups in total. The zero-order chi connectivity index (χ0) is 26.2. The largest absolute Gasteiger partial charge is 0.511 e. The molecule has 0 saturated heterocycles. The molecule has 37 heavy (non-hydrogen) atoms. The van der Waals surface area contributed by atoms with Gasteiger partial charge in [0.2, 0.25) is 0 Å². The van der Waals surface area contributed by atoms with Crippen molar-refractivity contribution in [1.82, 2.24) is 5.16 Å². The molecule has 1 heterocycles. The molecule has 3 aromatic rings. The summed E-state index contributed by atoms with van der Waals surface area (Å²) in [4.78, 5) is 31.0. The first kappa shape index (κ1) is 24.9. The summed E-state index contributed by atoms with van der Waals surface area (Å²) in [6.45, 7) is 6.09. The highest BCUT2D eigenvalue weighted by atomic mass is 16.5. The Morgan fingerprint density at radius 1 is 1.03 bits per heavy atom. The summed E-state index contributed by atoms with van der Waals surface area (Å²) in [6.07, 6.45) is 2.45. The fourth-order valence-corrected chi connectivity index (χ4v) is 5.42. The van der Waals surface area contributed by atoms with Gasteiger partial charge in [-0.2, -0.15) is 0 Å². The van der Waals surface area contributed by atoms with Gasteiger partial charge >= 0.3 is 0 Å². The van der Waals surface area contributed by atoms with E-state index in [1.165, 1.54) is 0 Å². The molecule has 2 aliphatic carbocycles. The van der Waals surface area contributed by atoms with Gasteiger partial charge in [-0.1, -0.05) is 67.0 Å². The quantitative estimate of drug-likeness (QED) is 0.310. The zero-order valence-corrected chi connectivity index (χ0v) is 21.6. The Morgan fingerprint density at radius 2 is 1.76 bits per heavy atom. The molecule has 1 aromatic heterocycles. The van der Waals surface area contributed by atoms with Gasteiger partial charge in [0, 0.05) is 32.1 Å². The Kier molecular flexibility index (Phi) is 6.67. The van der Waals surface area contributed by atoms with Gasteiger partial charge < -0.3 is 9.63 Å². The van der Waals surface area contributed by atoms with Gasteiger partial charge in [0.1, 0.15) is 11.5 Å². The highest BCUT2D eigenvalue weighted by molar-refractivity contribution is 6.25. The Balaban J connectivity index is 1.39. The van der Waals surface area contributed by atoms with Gasteiger partial charge in [0.05, 0.1) is 28.2 Å². The van der Waals surface area contributed by atoms with Crippen LogP contribution in [0, 0.1) is 12.3 Å². The van der Waals surface area contributed by atoms with Crippen molar-refractivity contribution in [3.63, 3.8) is 0 Å². The normalized spacial score (nSPS) is 21.7. The molecule has 6 heteroatoms. The summed E-state index contributed by atoms with van der Waals surface area (Å²) in [6, 6.07) is 17.8. The SMILES string of the molecule is Cc1ccc(N=C2CC(C)(C)CC(=O)C2=C(O)CCc2noc3c2C(=O)CC(c2ccccc2)C3)cc1. The molecule has 2 aromatic carbocycles. The molecule has 0 bridgehead atoms. The molecule has 0 radical (unpaired) electrons. The van der Waals surface area contributed by atoms with Crippen molar-refractivity contribution in [2.75, 3.05) is 0 Å². The third-order valence-corrected chi connectivity index (χ3v) is 7.28. The van der Waals surface area contributed by atoms with E-state index in [1.807, 2.05) is 75.4 Å². The van der Waals surface area contributed by atoms with Crippen molar-refractivity contribution >= 4 is 23.0 Å². The number of rotatable bonds is 5. The van der Waals surface area contributed by atoms with E-state index >= 15 is 0 Å². The van der Waals surface area contributed by atoms with Gasteiger partial charge in [-0.15, -0.1) is 0 Å². The number of aliphatic imine (C=N–C) groups is 1. The van der Waals surface area contributed by atoms with E-state index < -0.39 is 0 Å². The number of nitrogens with zero attached hydrogens (tertiary/aromatic N) is 2. The molecule has 0 amide bonds. The first-order chi connectivity index (χ1) is 17.7. The van der Waals surface area contributed by atoms with Crippen LogP contribution in [0.3, 0.4) is 0 Å². The fourth-order valence-electron chi connectivity index (χ4n) is 5.42. The number of carbonyl (C=O) groups is 2. The predicted octanol–water partition coefficient (Wildman–Crippen LogP) is 6.80. The maximum Gasteiger partial charge on any atom is 0.168 e. The Bertz CT molecular complexity index is 1390. The van der Waals surface area contributed by atoms with E-state index in [-0.39, 0.29) is 35.1 Å². The number of allylic oxidation sites excluding steroid dienone is 2. The minimum absolute atomic E-state index is 0.00599. The molecule has 5 rings (SSSR count). The summed E-state index contributed by atoms with van der Waals surface area (Å²) in [5.41, 5.74) is 4.73. The number of fused-ring (bicyclic) bond motifs is 1. The van der Waals surface area contributed by atoms with Gasteiger partial charge in [-0.25, -0.2) is 0 Å². The second-order valence-corrected chi connectivity index (χ2v) is 11.0. The number of carbonyl (C=O) groups excluding carboxylic acids is 2. The van der Waals surface area contributed by atoms with Crippen molar-refractivity contribution in [3.8, 4) is 0 Å². The summed E-state index contributed by atoms with van der Waals surface area (Å²) in [5.74, 6) is 0.568. The van der Waals surface area contributed by atoms with Crippen LogP contribution in [0.2, 0.25) is 0 Å². The lowest BCUT2D eigenvalue weighted by Gasteiger charge is -2.31. The Labute approximate surface area is 217 Å². The molecular weight excluding hydrogens is 464 g/mol. The van der Waals surface area contributed by atoms with E-state index in [1.54, 1.807) is 0 Å². The number of benzene rings is 2. The van der Waals surface area contributed by atoms with Gasteiger partial charge in [0.15, 0.2) is 11.6 Å². The van der Waals surface area contributed by atoms with Crippen LogP contribution < -0.4 is 0 Å².